The minimum atomic E-state index is -0.254. The van der Waals surface area contributed by atoms with Gasteiger partial charge in [0, 0.05) is 23.8 Å². The normalized spacial score (nSPS) is 14.3. The van der Waals surface area contributed by atoms with Crippen LogP contribution < -0.4 is 10.2 Å². The molecular weight excluding hydrogens is 372 g/mol. The molecule has 0 radical (unpaired) electrons. The van der Waals surface area contributed by atoms with Gasteiger partial charge >= 0.3 is 6.03 Å². The molecule has 0 spiro atoms. The number of halogens is 1. The average molecular weight is 387 g/mol. The van der Waals surface area contributed by atoms with Gasteiger partial charge in [-0.2, -0.15) is 0 Å². The molecule has 2 aromatic carbocycles. The van der Waals surface area contributed by atoms with Crippen molar-refractivity contribution in [1.29, 1.82) is 0 Å². The Kier molecular flexibility index (Phi) is 4.48. The summed E-state index contributed by atoms with van der Waals surface area (Å²) in [5.41, 5.74) is 1.62. The Morgan fingerprint density at radius 3 is 2.69 bits per heavy atom. The molecule has 0 unspecified atom stereocenters. The zero-order valence-corrected chi connectivity index (χ0v) is 15.3. The van der Waals surface area contributed by atoms with Crippen LogP contribution in [0.15, 0.2) is 48.5 Å². The van der Waals surface area contributed by atoms with Gasteiger partial charge in [0.1, 0.15) is 6.54 Å². The van der Waals surface area contributed by atoms with E-state index in [1.54, 1.807) is 29.2 Å². The lowest BCUT2D eigenvalue weighted by Gasteiger charge is -2.18. The summed E-state index contributed by atoms with van der Waals surface area (Å²) in [5, 5.41) is 3.94. The highest BCUT2D eigenvalue weighted by atomic mass is 35.5. The van der Waals surface area contributed by atoms with Gasteiger partial charge in [0.15, 0.2) is 5.13 Å². The van der Waals surface area contributed by atoms with E-state index >= 15 is 0 Å². The molecule has 3 aromatic rings. The van der Waals surface area contributed by atoms with Crippen LogP contribution in [-0.4, -0.2) is 41.5 Å². The molecule has 1 fully saturated rings. The van der Waals surface area contributed by atoms with Crippen molar-refractivity contribution < 1.29 is 9.59 Å². The number of carbonyl (C=O) groups is 2. The number of hydrogen-bond donors (Lipinski definition) is 1. The average Bonchev–Trinajstić information content (AvgIpc) is 3.19. The molecule has 0 saturated carbocycles. The maximum Gasteiger partial charge on any atom is 0.325 e. The molecule has 0 bridgehead atoms. The van der Waals surface area contributed by atoms with Crippen LogP contribution in [0.3, 0.4) is 0 Å². The van der Waals surface area contributed by atoms with E-state index in [-0.39, 0.29) is 18.5 Å². The topological polar surface area (TPSA) is 65.5 Å². The predicted octanol–water partition coefficient (Wildman–Crippen LogP) is 3.83. The van der Waals surface area contributed by atoms with E-state index in [2.05, 4.69) is 10.3 Å². The zero-order valence-electron chi connectivity index (χ0n) is 13.7. The van der Waals surface area contributed by atoms with E-state index in [4.69, 9.17) is 11.6 Å². The Morgan fingerprint density at radius 1 is 1.15 bits per heavy atom. The van der Waals surface area contributed by atoms with Crippen molar-refractivity contribution in [1.82, 2.24) is 9.88 Å². The molecule has 4 rings (SSSR count). The number of anilines is 2. The van der Waals surface area contributed by atoms with E-state index in [0.717, 1.165) is 15.9 Å². The van der Waals surface area contributed by atoms with Crippen molar-refractivity contribution in [3.63, 3.8) is 0 Å². The number of thiazole rings is 1. The van der Waals surface area contributed by atoms with Crippen LogP contribution in [0.5, 0.6) is 0 Å². The van der Waals surface area contributed by atoms with Crippen LogP contribution in [-0.2, 0) is 4.79 Å². The third-order valence-corrected chi connectivity index (χ3v) is 5.31. The highest BCUT2D eigenvalue weighted by Crippen LogP contribution is 2.26. The summed E-state index contributed by atoms with van der Waals surface area (Å²) in [6.07, 6.45) is 0. The largest absolute Gasteiger partial charge is 0.325 e. The number of para-hydroxylation sites is 1. The summed E-state index contributed by atoms with van der Waals surface area (Å²) in [6, 6.07) is 14.6. The van der Waals surface area contributed by atoms with Gasteiger partial charge in [-0.1, -0.05) is 35.1 Å². The first-order valence-electron chi connectivity index (χ1n) is 8.07. The van der Waals surface area contributed by atoms with Gasteiger partial charge in [0.25, 0.3) is 0 Å². The van der Waals surface area contributed by atoms with Crippen LogP contribution in [0.25, 0.3) is 10.2 Å². The lowest BCUT2D eigenvalue weighted by Crippen LogP contribution is -2.37. The molecule has 1 aliphatic rings. The fraction of sp³-hybridized carbons (Fsp3) is 0.167. The zero-order chi connectivity index (χ0) is 18.1. The van der Waals surface area contributed by atoms with E-state index < -0.39 is 0 Å². The fourth-order valence-electron chi connectivity index (χ4n) is 2.85. The van der Waals surface area contributed by atoms with Crippen LogP contribution in [0, 0.1) is 0 Å². The third-order valence-electron chi connectivity index (χ3n) is 4.11. The first-order valence-corrected chi connectivity index (χ1v) is 9.27. The fourth-order valence-corrected chi connectivity index (χ4v) is 3.86. The van der Waals surface area contributed by atoms with E-state index in [1.807, 2.05) is 24.3 Å². The van der Waals surface area contributed by atoms with Gasteiger partial charge < -0.3 is 10.2 Å². The van der Waals surface area contributed by atoms with Crippen molar-refractivity contribution in [2.45, 2.75) is 0 Å². The number of nitrogens with zero attached hydrogens (tertiary/aromatic N) is 3. The summed E-state index contributed by atoms with van der Waals surface area (Å²) in [7, 11) is 0. The monoisotopic (exact) mass is 386 g/mol. The number of benzene rings is 2. The van der Waals surface area contributed by atoms with Gasteiger partial charge in [0.2, 0.25) is 5.91 Å². The Hall–Kier alpha value is -2.64. The van der Waals surface area contributed by atoms with Crippen LogP contribution >= 0.6 is 22.9 Å². The Balaban J connectivity index is 1.40. The minimum Gasteiger partial charge on any atom is -0.313 e. The van der Waals surface area contributed by atoms with Crippen molar-refractivity contribution in [2.24, 2.45) is 0 Å². The molecule has 2 heterocycles. The quantitative estimate of drug-likeness (QED) is 0.741. The molecule has 26 heavy (non-hydrogen) atoms. The Labute approximate surface area is 159 Å². The molecule has 3 amide bonds. The number of rotatable bonds is 4. The molecular formula is C18H15ClN4O2S. The molecule has 132 valence electrons. The highest BCUT2D eigenvalue weighted by Gasteiger charge is 2.30. The smallest absolute Gasteiger partial charge is 0.313 e. The third kappa shape index (κ3) is 3.36. The second kappa shape index (κ2) is 6.93. The minimum absolute atomic E-state index is 0.00114. The van der Waals surface area contributed by atoms with E-state index in [1.165, 1.54) is 16.2 Å². The first kappa shape index (κ1) is 16.8. The number of carbonyl (C=O) groups excluding carboxylic acids is 2. The van der Waals surface area contributed by atoms with Gasteiger partial charge in [-0.3, -0.25) is 9.69 Å². The van der Waals surface area contributed by atoms with Gasteiger partial charge in [-0.05, 0) is 36.4 Å². The predicted molar refractivity (Wildman–Crippen MR) is 104 cm³/mol. The van der Waals surface area contributed by atoms with Gasteiger partial charge in [-0.15, -0.1) is 0 Å². The van der Waals surface area contributed by atoms with Gasteiger partial charge in [0.05, 0.1) is 10.2 Å². The molecule has 1 N–H and O–H groups in total. The van der Waals surface area contributed by atoms with E-state index in [9.17, 15) is 9.59 Å². The summed E-state index contributed by atoms with van der Waals surface area (Å²) in [6.45, 7) is 1.03. The summed E-state index contributed by atoms with van der Waals surface area (Å²) < 4.78 is 1.01. The van der Waals surface area contributed by atoms with Crippen molar-refractivity contribution >= 4 is 55.9 Å². The molecule has 1 aliphatic heterocycles. The maximum atomic E-state index is 12.5. The second-order valence-corrected chi connectivity index (χ2v) is 7.33. The van der Waals surface area contributed by atoms with Crippen LogP contribution in [0.1, 0.15) is 0 Å². The first-order chi connectivity index (χ1) is 12.6. The number of urea groups is 1. The molecule has 6 nitrogen and oxygen atoms in total. The highest BCUT2D eigenvalue weighted by molar-refractivity contribution is 7.22. The number of amides is 3. The van der Waals surface area contributed by atoms with Crippen LogP contribution in [0.4, 0.5) is 15.6 Å². The van der Waals surface area contributed by atoms with Crippen LogP contribution in [0.2, 0.25) is 5.02 Å². The van der Waals surface area contributed by atoms with Crippen molar-refractivity contribution in [3.8, 4) is 0 Å². The Bertz CT molecular complexity index is 940. The standard InChI is InChI=1S/C18H15ClN4O2S/c19-12-5-7-13(8-6-12)23-10-9-22(18(23)25)11-16(24)21-17-20-14-3-1-2-4-15(14)26-17/h1-8H,9-11H2,(H,20,21,24). The Morgan fingerprint density at radius 2 is 1.92 bits per heavy atom. The number of nitrogens with one attached hydrogen (secondary N) is 1. The van der Waals surface area contributed by atoms with Crippen molar-refractivity contribution in [3.05, 3.63) is 53.6 Å². The SMILES string of the molecule is O=C(CN1CCN(c2ccc(Cl)cc2)C1=O)Nc1nc2ccccc2s1. The number of fused-ring (bicyclic) bond motifs is 1. The lowest BCUT2D eigenvalue weighted by atomic mass is 10.3. The molecule has 0 atom stereocenters. The lowest BCUT2D eigenvalue weighted by molar-refractivity contribution is -0.116. The number of hydrogen-bond acceptors (Lipinski definition) is 4. The molecule has 8 heteroatoms. The van der Waals surface area contributed by atoms with Crippen molar-refractivity contribution in [2.75, 3.05) is 29.9 Å². The molecule has 0 aliphatic carbocycles. The maximum absolute atomic E-state index is 12.5. The van der Waals surface area contributed by atoms with Gasteiger partial charge in [-0.25, -0.2) is 9.78 Å². The molecule has 1 saturated heterocycles. The summed E-state index contributed by atoms with van der Waals surface area (Å²) >= 11 is 7.30. The summed E-state index contributed by atoms with van der Waals surface area (Å²) in [4.78, 5) is 32.4. The molecule has 1 aromatic heterocycles. The van der Waals surface area contributed by atoms with E-state index in [0.29, 0.717) is 23.2 Å². The second-order valence-electron chi connectivity index (χ2n) is 5.87. The number of aromatic nitrogens is 1. The summed E-state index contributed by atoms with van der Waals surface area (Å²) in [5.74, 6) is -0.254.